The number of ether oxygens (including phenoxy) is 3. The number of hydrogen-bond donors (Lipinski definition) is 0. The maximum Gasteiger partial charge on any atom is 0.306 e. The normalized spacial score (nSPS) is 13.0. The van der Waals surface area contributed by atoms with Gasteiger partial charge >= 0.3 is 17.9 Å². The number of unbranched alkanes of at least 4 members (excludes halogenated alkanes) is 24. The van der Waals surface area contributed by atoms with Crippen LogP contribution in [0.4, 0.5) is 0 Å². The average molecular weight is 970 g/mol. The summed E-state index contributed by atoms with van der Waals surface area (Å²) in [5.41, 5.74) is 0. The van der Waals surface area contributed by atoms with E-state index in [1.807, 2.05) is 60.8 Å². The van der Waals surface area contributed by atoms with Crippen molar-refractivity contribution in [3.63, 3.8) is 0 Å². The van der Waals surface area contributed by atoms with E-state index < -0.39 is 6.10 Å². The molecule has 0 aliphatic heterocycles. The van der Waals surface area contributed by atoms with E-state index >= 15 is 0 Å². The van der Waals surface area contributed by atoms with Crippen LogP contribution < -0.4 is 0 Å². The Balaban J connectivity index is 4.50. The monoisotopic (exact) mass is 969 g/mol. The molecule has 0 saturated heterocycles. The van der Waals surface area contributed by atoms with Gasteiger partial charge in [-0.2, -0.15) is 0 Å². The van der Waals surface area contributed by atoms with Crippen LogP contribution in [0.3, 0.4) is 0 Å². The molecule has 0 aromatic rings. The molecular weight excluding hydrogens is 865 g/mol. The Kier molecular flexibility index (Phi) is 54.0. The molecule has 0 aliphatic carbocycles. The predicted octanol–water partition coefficient (Wildman–Crippen LogP) is 19.3. The lowest BCUT2D eigenvalue weighted by Crippen LogP contribution is -2.30. The van der Waals surface area contributed by atoms with E-state index in [4.69, 9.17) is 14.2 Å². The smallest absolute Gasteiger partial charge is 0.306 e. The lowest BCUT2D eigenvalue weighted by atomic mass is 10.0. The summed E-state index contributed by atoms with van der Waals surface area (Å²) in [5, 5.41) is 0. The third kappa shape index (κ3) is 54.7. The lowest BCUT2D eigenvalue weighted by molar-refractivity contribution is -0.167. The van der Waals surface area contributed by atoms with Crippen molar-refractivity contribution >= 4 is 17.9 Å². The lowest BCUT2D eigenvalue weighted by Gasteiger charge is -2.18. The minimum atomic E-state index is -0.810. The van der Waals surface area contributed by atoms with Gasteiger partial charge < -0.3 is 14.2 Å². The van der Waals surface area contributed by atoms with Gasteiger partial charge in [0.1, 0.15) is 13.2 Å². The van der Waals surface area contributed by atoms with Crippen molar-refractivity contribution < 1.29 is 28.6 Å². The Morgan fingerprint density at radius 3 is 1.06 bits per heavy atom. The third-order valence-electron chi connectivity index (χ3n) is 11.9. The average Bonchev–Trinajstić information content (AvgIpc) is 3.36. The second kappa shape index (κ2) is 57.4. The molecule has 6 nitrogen and oxygen atoms in total. The summed E-state index contributed by atoms with van der Waals surface area (Å²) in [7, 11) is 0. The first kappa shape index (κ1) is 65.8. The molecule has 0 aromatic carbocycles. The van der Waals surface area contributed by atoms with Gasteiger partial charge in [0.15, 0.2) is 6.10 Å². The topological polar surface area (TPSA) is 78.9 Å². The zero-order valence-electron chi connectivity index (χ0n) is 45.2. The van der Waals surface area contributed by atoms with E-state index in [0.29, 0.717) is 19.3 Å². The molecule has 0 bridgehead atoms. The summed E-state index contributed by atoms with van der Waals surface area (Å²) in [4.78, 5) is 38.2. The second-order valence-corrected chi connectivity index (χ2v) is 18.6. The molecule has 0 N–H and O–H groups in total. The maximum absolute atomic E-state index is 12.8. The number of carbonyl (C=O) groups excluding carboxylic acids is 3. The van der Waals surface area contributed by atoms with Crippen molar-refractivity contribution in [1.29, 1.82) is 0 Å². The molecule has 1 atom stereocenters. The molecule has 0 amide bonds. The summed E-state index contributed by atoms with van der Waals surface area (Å²) in [6.07, 6.45) is 78.9. The summed E-state index contributed by atoms with van der Waals surface area (Å²) >= 11 is 0. The van der Waals surface area contributed by atoms with Crippen molar-refractivity contribution in [3.05, 3.63) is 122 Å². The van der Waals surface area contributed by atoms with E-state index in [1.165, 1.54) is 96.3 Å². The molecule has 6 heteroatoms. The Morgan fingerprint density at radius 1 is 0.314 bits per heavy atom. The molecule has 396 valence electrons. The van der Waals surface area contributed by atoms with Crippen LogP contribution in [0.15, 0.2) is 122 Å². The fourth-order valence-corrected chi connectivity index (χ4v) is 7.64. The Hall–Kier alpha value is -4.19. The molecule has 1 unspecified atom stereocenters. The highest BCUT2D eigenvalue weighted by Gasteiger charge is 2.19. The van der Waals surface area contributed by atoms with Crippen LogP contribution in [0.5, 0.6) is 0 Å². The van der Waals surface area contributed by atoms with Crippen molar-refractivity contribution in [1.82, 2.24) is 0 Å². The number of allylic oxidation sites excluding steroid dienone is 20. The van der Waals surface area contributed by atoms with Crippen LogP contribution in [0.1, 0.15) is 245 Å². The van der Waals surface area contributed by atoms with Gasteiger partial charge in [0.05, 0.1) is 0 Å². The highest BCUT2D eigenvalue weighted by atomic mass is 16.6. The van der Waals surface area contributed by atoms with Gasteiger partial charge in [-0.25, -0.2) is 0 Å². The first-order chi connectivity index (χ1) is 34.5. The van der Waals surface area contributed by atoms with Gasteiger partial charge in [-0.1, -0.05) is 271 Å². The minimum absolute atomic E-state index is 0.102. The summed E-state index contributed by atoms with van der Waals surface area (Å²) in [6.45, 7) is 6.34. The van der Waals surface area contributed by atoms with Gasteiger partial charge in [0.25, 0.3) is 0 Å². The van der Waals surface area contributed by atoms with E-state index in [0.717, 1.165) is 103 Å². The zero-order chi connectivity index (χ0) is 50.7. The molecule has 0 heterocycles. The van der Waals surface area contributed by atoms with E-state index in [1.54, 1.807) is 0 Å². The molecule has 0 aromatic heterocycles. The molecule has 0 rings (SSSR count). The molecule has 0 saturated carbocycles. The summed E-state index contributed by atoms with van der Waals surface area (Å²) in [5.74, 6) is -0.960. The van der Waals surface area contributed by atoms with Crippen LogP contribution >= 0.6 is 0 Å². The molecular formula is C64H104O6. The van der Waals surface area contributed by atoms with Crippen LogP contribution in [-0.4, -0.2) is 37.2 Å². The van der Waals surface area contributed by atoms with Crippen LogP contribution in [0.2, 0.25) is 0 Å². The van der Waals surface area contributed by atoms with Gasteiger partial charge in [-0.05, 0) is 77.0 Å². The standard InChI is InChI=1S/C64H104O6/c1-4-7-10-13-16-19-22-25-28-31-32-34-36-39-42-45-48-51-54-57-63(66)69-60-61(59-68-62(65)56-53-50-47-44-41-38-35-30-27-24-21-18-15-12-9-6-3)70-64(67)58-55-52-49-46-43-40-37-33-29-26-23-20-17-14-11-8-5-2/h7-8,10-11,14,16-17,19-20,23,25-26,28-29,32-34,37,40,43,61H,4-6,9,12-13,15,18,21-22,24,27,30-31,35-36,38-39,41-42,44-60H2,1-3H3/b10-7-,11-8-,17-14-,19-16-,23-20-,28-25-,29-26-,34-32-,37-33+,43-40-. The highest BCUT2D eigenvalue weighted by Crippen LogP contribution is 2.15. The number of esters is 3. The molecule has 0 spiro atoms. The van der Waals surface area contributed by atoms with E-state index in [2.05, 4.69) is 81.5 Å². The second-order valence-electron chi connectivity index (χ2n) is 18.6. The SMILES string of the molecule is CC\C=C/C=C\C=C/C=C\C=C\C=C/CCCCCC(=O)OC(COC(=O)CCCCCCCC/C=C\C/C=C\C/C=C\C/C=C\CC)COC(=O)CCCCCCCCCCCCCCCCCC. The minimum Gasteiger partial charge on any atom is -0.462 e. The van der Waals surface area contributed by atoms with E-state index in [9.17, 15) is 14.4 Å². The first-order valence-corrected chi connectivity index (χ1v) is 28.6. The van der Waals surface area contributed by atoms with Crippen LogP contribution in [-0.2, 0) is 28.6 Å². The van der Waals surface area contributed by atoms with Crippen LogP contribution in [0, 0.1) is 0 Å². The van der Waals surface area contributed by atoms with Gasteiger partial charge in [-0.15, -0.1) is 0 Å². The molecule has 70 heavy (non-hydrogen) atoms. The van der Waals surface area contributed by atoms with Crippen LogP contribution in [0.25, 0.3) is 0 Å². The van der Waals surface area contributed by atoms with Crippen molar-refractivity contribution in [2.45, 2.75) is 252 Å². The molecule has 0 radical (unpaired) electrons. The zero-order valence-corrected chi connectivity index (χ0v) is 45.2. The van der Waals surface area contributed by atoms with Gasteiger partial charge in [0.2, 0.25) is 0 Å². The van der Waals surface area contributed by atoms with Gasteiger partial charge in [-0.3, -0.25) is 14.4 Å². The van der Waals surface area contributed by atoms with Crippen molar-refractivity contribution in [2.24, 2.45) is 0 Å². The Labute approximate surface area is 431 Å². The fourth-order valence-electron chi connectivity index (χ4n) is 7.64. The molecule has 0 fully saturated rings. The summed E-state index contributed by atoms with van der Waals surface area (Å²) < 4.78 is 16.8. The first-order valence-electron chi connectivity index (χ1n) is 28.6. The highest BCUT2D eigenvalue weighted by molar-refractivity contribution is 5.71. The maximum atomic E-state index is 12.8. The predicted molar refractivity (Wildman–Crippen MR) is 302 cm³/mol. The quantitative estimate of drug-likeness (QED) is 0.0199. The van der Waals surface area contributed by atoms with Crippen molar-refractivity contribution in [2.75, 3.05) is 13.2 Å². The molecule has 0 aliphatic rings. The Bertz CT molecular complexity index is 1490. The fraction of sp³-hybridized carbons (Fsp3) is 0.641. The number of carbonyl (C=O) groups is 3. The third-order valence-corrected chi connectivity index (χ3v) is 11.9. The Morgan fingerprint density at radius 2 is 0.629 bits per heavy atom. The summed E-state index contributed by atoms with van der Waals surface area (Å²) in [6, 6.07) is 0. The number of hydrogen-bond acceptors (Lipinski definition) is 6. The van der Waals surface area contributed by atoms with Crippen molar-refractivity contribution in [3.8, 4) is 0 Å². The van der Waals surface area contributed by atoms with Gasteiger partial charge in [0, 0.05) is 19.3 Å². The number of rotatable bonds is 50. The largest absolute Gasteiger partial charge is 0.462 e. The van der Waals surface area contributed by atoms with E-state index in [-0.39, 0.29) is 37.5 Å².